The van der Waals surface area contributed by atoms with Gasteiger partial charge in [-0.15, -0.1) is 0 Å². The van der Waals surface area contributed by atoms with Crippen molar-refractivity contribution in [1.29, 1.82) is 0 Å². The Morgan fingerprint density at radius 3 is 2.28 bits per heavy atom. The lowest BCUT2D eigenvalue weighted by atomic mass is 9.79. The summed E-state index contributed by atoms with van der Waals surface area (Å²) in [4.78, 5) is 0. The second-order valence-corrected chi connectivity index (χ2v) is 6.27. The second kappa shape index (κ2) is 4.58. The summed E-state index contributed by atoms with van der Waals surface area (Å²) in [6.07, 6.45) is 5.73. The van der Waals surface area contributed by atoms with Crippen LogP contribution in [-0.4, -0.2) is 12.7 Å². The van der Waals surface area contributed by atoms with E-state index in [2.05, 4.69) is 38.1 Å². The molecule has 1 unspecified atom stereocenters. The average molecular weight is 246 g/mol. The van der Waals surface area contributed by atoms with Crippen molar-refractivity contribution >= 4 is 0 Å². The molecule has 1 heterocycles. The Balaban J connectivity index is 1.65. The Morgan fingerprint density at radius 1 is 1.11 bits per heavy atom. The lowest BCUT2D eigenvalue weighted by molar-refractivity contribution is -0.172. The van der Waals surface area contributed by atoms with Crippen molar-refractivity contribution in [3.8, 4) is 5.75 Å². The molecule has 1 atom stereocenters. The first-order chi connectivity index (χ1) is 8.65. The van der Waals surface area contributed by atoms with Crippen molar-refractivity contribution in [2.45, 2.75) is 51.7 Å². The molecule has 1 aliphatic heterocycles. The van der Waals surface area contributed by atoms with Gasteiger partial charge in [0.25, 0.3) is 0 Å². The monoisotopic (exact) mass is 246 g/mol. The molecule has 0 bridgehead atoms. The van der Waals surface area contributed by atoms with Gasteiger partial charge < -0.3 is 9.47 Å². The molecule has 2 heteroatoms. The first kappa shape index (κ1) is 12.0. The molecule has 1 aromatic carbocycles. The molecule has 0 N–H and O–H groups in total. The maximum Gasteiger partial charge on any atom is 0.119 e. The van der Waals surface area contributed by atoms with Crippen LogP contribution in [0, 0.1) is 5.41 Å². The fraction of sp³-hybridized carbons (Fsp3) is 0.625. The second-order valence-electron chi connectivity index (χ2n) is 6.27. The van der Waals surface area contributed by atoms with Crippen molar-refractivity contribution < 1.29 is 9.47 Å². The van der Waals surface area contributed by atoms with E-state index in [0.29, 0.717) is 6.10 Å². The number of benzene rings is 1. The topological polar surface area (TPSA) is 18.5 Å². The lowest BCUT2D eigenvalue weighted by Gasteiger charge is -2.44. The molecular formula is C16H22O2. The van der Waals surface area contributed by atoms with Gasteiger partial charge in [0.15, 0.2) is 0 Å². The van der Waals surface area contributed by atoms with Gasteiger partial charge in [0, 0.05) is 5.41 Å². The van der Waals surface area contributed by atoms with E-state index in [1.165, 1.54) is 31.2 Å². The SMILES string of the molecule is CC1(C)COC1c1ccc(OC2CCCC2)cc1. The van der Waals surface area contributed by atoms with Gasteiger partial charge in [-0.05, 0) is 43.4 Å². The number of ether oxygens (including phenoxy) is 2. The molecule has 0 spiro atoms. The molecule has 0 amide bonds. The van der Waals surface area contributed by atoms with Gasteiger partial charge in [0.05, 0.1) is 18.8 Å². The third kappa shape index (κ3) is 2.26. The van der Waals surface area contributed by atoms with E-state index in [1.807, 2.05) is 0 Å². The van der Waals surface area contributed by atoms with Gasteiger partial charge in [-0.3, -0.25) is 0 Å². The predicted octanol–water partition coefficient (Wildman–Crippen LogP) is 4.11. The van der Waals surface area contributed by atoms with E-state index in [0.717, 1.165) is 12.4 Å². The van der Waals surface area contributed by atoms with Gasteiger partial charge in [0.2, 0.25) is 0 Å². The van der Waals surface area contributed by atoms with E-state index < -0.39 is 0 Å². The maximum absolute atomic E-state index is 5.97. The standard InChI is InChI=1S/C16H22O2/c1-16(2)11-17-15(16)12-7-9-14(10-8-12)18-13-5-3-4-6-13/h7-10,13,15H,3-6,11H2,1-2H3. The Labute approximate surface area is 109 Å². The molecule has 98 valence electrons. The third-order valence-electron chi connectivity index (χ3n) is 4.12. The minimum Gasteiger partial charge on any atom is -0.490 e. The minimum atomic E-state index is 0.248. The van der Waals surface area contributed by atoms with E-state index in [1.54, 1.807) is 0 Å². The summed E-state index contributed by atoms with van der Waals surface area (Å²) < 4.78 is 11.6. The van der Waals surface area contributed by atoms with E-state index in [9.17, 15) is 0 Å². The van der Waals surface area contributed by atoms with Gasteiger partial charge in [-0.2, -0.15) is 0 Å². The molecule has 1 aromatic rings. The van der Waals surface area contributed by atoms with Crippen LogP contribution in [0.4, 0.5) is 0 Å². The molecule has 1 saturated heterocycles. The first-order valence-electron chi connectivity index (χ1n) is 7.03. The summed E-state index contributed by atoms with van der Waals surface area (Å²) in [5, 5.41) is 0. The highest BCUT2D eigenvalue weighted by atomic mass is 16.5. The molecule has 2 nitrogen and oxygen atoms in total. The van der Waals surface area contributed by atoms with Crippen LogP contribution in [0.2, 0.25) is 0 Å². The minimum absolute atomic E-state index is 0.248. The van der Waals surface area contributed by atoms with E-state index in [4.69, 9.17) is 9.47 Å². The number of hydrogen-bond donors (Lipinski definition) is 0. The van der Waals surface area contributed by atoms with E-state index >= 15 is 0 Å². The highest BCUT2D eigenvalue weighted by Gasteiger charge is 2.40. The predicted molar refractivity (Wildman–Crippen MR) is 71.8 cm³/mol. The lowest BCUT2D eigenvalue weighted by Crippen LogP contribution is -2.40. The zero-order valence-corrected chi connectivity index (χ0v) is 11.3. The number of rotatable bonds is 3. The van der Waals surface area contributed by atoms with Gasteiger partial charge in [-0.25, -0.2) is 0 Å². The molecule has 0 radical (unpaired) electrons. The van der Waals surface area contributed by atoms with Crippen LogP contribution >= 0.6 is 0 Å². The van der Waals surface area contributed by atoms with Crippen LogP contribution in [0.5, 0.6) is 5.75 Å². The van der Waals surface area contributed by atoms with Crippen molar-refractivity contribution in [3.05, 3.63) is 29.8 Å². The third-order valence-corrected chi connectivity index (χ3v) is 4.12. The first-order valence-corrected chi connectivity index (χ1v) is 7.03. The van der Waals surface area contributed by atoms with Crippen LogP contribution in [0.3, 0.4) is 0 Å². The molecule has 18 heavy (non-hydrogen) atoms. The zero-order chi connectivity index (χ0) is 12.6. The summed E-state index contributed by atoms with van der Waals surface area (Å²) in [7, 11) is 0. The summed E-state index contributed by atoms with van der Waals surface area (Å²) >= 11 is 0. The quantitative estimate of drug-likeness (QED) is 0.799. The van der Waals surface area contributed by atoms with Crippen LogP contribution in [0.15, 0.2) is 24.3 Å². The molecule has 1 saturated carbocycles. The summed E-state index contributed by atoms with van der Waals surface area (Å²) in [6, 6.07) is 8.47. The molecule has 2 aliphatic rings. The van der Waals surface area contributed by atoms with Crippen molar-refractivity contribution in [2.75, 3.05) is 6.61 Å². The van der Waals surface area contributed by atoms with Crippen LogP contribution in [-0.2, 0) is 4.74 Å². The zero-order valence-electron chi connectivity index (χ0n) is 11.3. The highest BCUT2D eigenvalue weighted by Crippen LogP contribution is 2.45. The molecular weight excluding hydrogens is 224 g/mol. The summed E-state index contributed by atoms with van der Waals surface area (Å²) in [5.74, 6) is 1.00. The van der Waals surface area contributed by atoms with Crippen molar-refractivity contribution in [3.63, 3.8) is 0 Å². The molecule has 0 aromatic heterocycles. The fourth-order valence-electron chi connectivity index (χ4n) is 2.97. The van der Waals surface area contributed by atoms with Crippen LogP contribution in [0.25, 0.3) is 0 Å². The smallest absolute Gasteiger partial charge is 0.119 e. The Morgan fingerprint density at radius 2 is 1.78 bits per heavy atom. The Kier molecular flexibility index (Phi) is 3.06. The van der Waals surface area contributed by atoms with E-state index in [-0.39, 0.29) is 11.5 Å². The Bertz CT molecular complexity index is 402. The average Bonchev–Trinajstić information content (AvgIpc) is 2.83. The van der Waals surface area contributed by atoms with Crippen molar-refractivity contribution in [2.24, 2.45) is 5.41 Å². The summed E-state index contributed by atoms with van der Waals surface area (Å²) in [5.41, 5.74) is 1.54. The molecule has 3 rings (SSSR count). The summed E-state index contributed by atoms with van der Waals surface area (Å²) in [6.45, 7) is 5.37. The Hall–Kier alpha value is -1.02. The van der Waals surface area contributed by atoms with Gasteiger partial charge >= 0.3 is 0 Å². The maximum atomic E-state index is 5.97. The van der Waals surface area contributed by atoms with Crippen LogP contribution < -0.4 is 4.74 Å². The molecule has 1 aliphatic carbocycles. The number of hydrogen-bond acceptors (Lipinski definition) is 2. The largest absolute Gasteiger partial charge is 0.490 e. The van der Waals surface area contributed by atoms with Gasteiger partial charge in [0.1, 0.15) is 5.75 Å². The van der Waals surface area contributed by atoms with Crippen LogP contribution in [0.1, 0.15) is 51.2 Å². The molecule has 2 fully saturated rings. The van der Waals surface area contributed by atoms with Crippen molar-refractivity contribution in [1.82, 2.24) is 0 Å². The fourth-order valence-corrected chi connectivity index (χ4v) is 2.97. The van der Waals surface area contributed by atoms with Gasteiger partial charge in [-0.1, -0.05) is 26.0 Å². The normalized spacial score (nSPS) is 26.9. The highest BCUT2D eigenvalue weighted by molar-refractivity contribution is 5.30.